The predicted molar refractivity (Wildman–Crippen MR) is 115 cm³/mol. The van der Waals surface area contributed by atoms with E-state index in [1.807, 2.05) is 42.7 Å². The molecule has 2 atom stereocenters. The minimum Gasteiger partial charge on any atom is -0.352 e. The Labute approximate surface area is 171 Å². The van der Waals surface area contributed by atoms with Crippen LogP contribution in [0.3, 0.4) is 0 Å². The van der Waals surface area contributed by atoms with Crippen molar-refractivity contribution in [1.29, 1.82) is 0 Å². The summed E-state index contributed by atoms with van der Waals surface area (Å²) in [5.74, 6) is 0.933. The number of hydrogen-bond donors (Lipinski definition) is 1. The summed E-state index contributed by atoms with van der Waals surface area (Å²) in [5.41, 5.74) is 4.59. The van der Waals surface area contributed by atoms with E-state index >= 15 is 0 Å². The van der Waals surface area contributed by atoms with Crippen molar-refractivity contribution in [3.63, 3.8) is 0 Å². The molecule has 1 aliphatic heterocycles. The van der Waals surface area contributed by atoms with Gasteiger partial charge in [-0.15, -0.1) is 0 Å². The van der Waals surface area contributed by atoms with Crippen LogP contribution in [-0.2, 0) is 0 Å². The van der Waals surface area contributed by atoms with Gasteiger partial charge in [0.25, 0.3) is 0 Å². The smallest absolute Gasteiger partial charge is 0.170 e. The average Bonchev–Trinajstić information content (AvgIpc) is 3.19. The molecule has 5 nitrogen and oxygen atoms in total. The first-order valence-electron chi connectivity index (χ1n) is 9.59. The standard InChI is InChI=1S/C22H25N5S/c1-14(2)26-21(20(25-22(26)28)18-9-5-7-11-23-18)17-13-15(3)27(16(17)4)19-10-6-8-12-24-19/h5-14,20-21H,1-4H3,(H,25,28)/t20-,21-/m1/s1. The van der Waals surface area contributed by atoms with Crippen LogP contribution in [0.4, 0.5) is 0 Å². The molecular weight excluding hydrogens is 366 g/mol. The molecule has 3 aromatic rings. The van der Waals surface area contributed by atoms with E-state index in [1.54, 1.807) is 0 Å². The van der Waals surface area contributed by atoms with Crippen LogP contribution in [0.2, 0.25) is 0 Å². The van der Waals surface area contributed by atoms with Crippen LogP contribution in [-0.4, -0.2) is 30.6 Å². The average molecular weight is 392 g/mol. The van der Waals surface area contributed by atoms with Crippen LogP contribution in [0.1, 0.15) is 48.6 Å². The summed E-state index contributed by atoms with van der Waals surface area (Å²) in [5, 5.41) is 4.29. The van der Waals surface area contributed by atoms with Crippen molar-refractivity contribution >= 4 is 17.3 Å². The predicted octanol–water partition coefficient (Wildman–Crippen LogP) is 4.27. The number of aromatic nitrogens is 3. The molecule has 1 N–H and O–H groups in total. The van der Waals surface area contributed by atoms with E-state index < -0.39 is 0 Å². The van der Waals surface area contributed by atoms with Crippen LogP contribution in [0, 0.1) is 13.8 Å². The molecule has 0 bridgehead atoms. The van der Waals surface area contributed by atoms with Crippen LogP contribution >= 0.6 is 12.2 Å². The molecule has 1 aliphatic rings. The highest BCUT2D eigenvalue weighted by Gasteiger charge is 2.42. The lowest BCUT2D eigenvalue weighted by Gasteiger charge is -2.31. The van der Waals surface area contributed by atoms with E-state index in [4.69, 9.17) is 12.2 Å². The molecule has 0 amide bonds. The highest BCUT2D eigenvalue weighted by atomic mass is 32.1. The molecule has 28 heavy (non-hydrogen) atoms. The second-order valence-corrected chi connectivity index (χ2v) is 7.86. The topological polar surface area (TPSA) is 46.0 Å². The second kappa shape index (κ2) is 7.36. The second-order valence-electron chi connectivity index (χ2n) is 7.48. The molecule has 6 heteroatoms. The number of nitrogens with one attached hydrogen (secondary N) is 1. The highest BCUT2D eigenvalue weighted by Crippen LogP contribution is 2.42. The summed E-state index contributed by atoms with van der Waals surface area (Å²) < 4.78 is 2.21. The third-order valence-corrected chi connectivity index (χ3v) is 5.69. The van der Waals surface area contributed by atoms with Gasteiger partial charge in [-0.05, 0) is 75.8 Å². The minimum absolute atomic E-state index is 0.00813. The maximum atomic E-state index is 5.72. The normalized spacial score (nSPS) is 19.3. The Kier molecular flexibility index (Phi) is 4.89. The van der Waals surface area contributed by atoms with Crippen molar-refractivity contribution in [2.45, 2.75) is 45.8 Å². The fourth-order valence-corrected chi connectivity index (χ4v) is 4.63. The van der Waals surface area contributed by atoms with E-state index in [9.17, 15) is 0 Å². The third kappa shape index (κ3) is 3.07. The van der Waals surface area contributed by atoms with Crippen LogP contribution in [0.5, 0.6) is 0 Å². The summed E-state index contributed by atoms with van der Waals surface area (Å²) >= 11 is 5.72. The number of aryl methyl sites for hydroxylation is 1. The zero-order chi connectivity index (χ0) is 19.8. The molecule has 0 saturated carbocycles. The maximum Gasteiger partial charge on any atom is 0.170 e. The third-order valence-electron chi connectivity index (χ3n) is 5.36. The van der Waals surface area contributed by atoms with Gasteiger partial charge in [-0.25, -0.2) is 4.98 Å². The molecule has 0 radical (unpaired) electrons. The Morgan fingerprint density at radius 2 is 1.75 bits per heavy atom. The number of nitrogens with zero attached hydrogens (tertiary/aromatic N) is 4. The molecule has 3 aromatic heterocycles. The van der Waals surface area contributed by atoms with Gasteiger partial charge in [0.15, 0.2) is 5.11 Å². The van der Waals surface area contributed by atoms with Gasteiger partial charge in [0.2, 0.25) is 0 Å². The zero-order valence-electron chi connectivity index (χ0n) is 16.6. The monoisotopic (exact) mass is 391 g/mol. The Balaban J connectivity index is 1.86. The number of thiocarbonyl (C=S) groups is 1. The molecule has 0 spiro atoms. The van der Waals surface area contributed by atoms with E-state index in [-0.39, 0.29) is 18.1 Å². The summed E-state index contributed by atoms with van der Waals surface area (Å²) in [6.45, 7) is 8.65. The fourth-order valence-electron chi connectivity index (χ4n) is 4.18. The van der Waals surface area contributed by atoms with Crippen molar-refractivity contribution in [3.05, 3.63) is 77.5 Å². The van der Waals surface area contributed by atoms with Gasteiger partial charge < -0.3 is 14.8 Å². The highest BCUT2D eigenvalue weighted by molar-refractivity contribution is 7.80. The molecule has 0 aromatic carbocycles. The van der Waals surface area contributed by atoms with E-state index in [1.165, 1.54) is 11.3 Å². The lowest BCUT2D eigenvalue weighted by atomic mass is 9.96. The number of hydrogen-bond acceptors (Lipinski definition) is 3. The van der Waals surface area contributed by atoms with Gasteiger partial charge in [-0.3, -0.25) is 4.98 Å². The Hall–Kier alpha value is -2.73. The number of rotatable bonds is 4. The lowest BCUT2D eigenvalue weighted by Crippen LogP contribution is -2.35. The molecular formula is C22H25N5S. The van der Waals surface area contributed by atoms with Crippen molar-refractivity contribution in [2.75, 3.05) is 0 Å². The molecule has 0 aliphatic carbocycles. The van der Waals surface area contributed by atoms with Crippen molar-refractivity contribution < 1.29 is 0 Å². The lowest BCUT2D eigenvalue weighted by molar-refractivity contribution is 0.269. The molecule has 4 rings (SSSR count). The van der Waals surface area contributed by atoms with Crippen LogP contribution < -0.4 is 5.32 Å². The van der Waals surface area contributed by atoms with Gasteiger partial charge in [0.1, 0.15) is 5.82 Å². The molecule has 0 unspecified atom stereocenters. The van der Waals surface area contributed by atoms with Crippen molar-refractivity contribution in [2.24, 2.45) is 0 Å². The van der Waals surface area contributed by atoms with Crippen LogP contribution in [0.25, 0.3) is 5.82 Å². The van der Waals surface area contributed by atoms with Crippen molar-refractivity contribution in [3.8, 4) is 5.82 Å². The molecule has 144 valence electrons. The first-order chi connectivity index (χ1) is 13.5. The number of pyridine rings is 2. The fraction of sp³-hybridized carbons (Fsp3) is 0.318. The van der Waals surface area contributed by atoms with Gasteiger partial charge in [-0.2, -0.15) is 0 Å². The minimum atomic E-state index is 0.00813. The summed E-state index contributed by atoms with van der Waals surface area (Å²) in [7, 11) is 0. The van der Waals surface area contributed by atoms with E-state index in [0.29, 0.717) is 0 Å². The Bertz CT molecular complexity index is 981. The Morgan fingerprint density at radius 3 is 2.36 bits per heavy atom. The van der Waals surface area contributed by atoms with E-state index in [2.05, 4.69) is 64.6 Å². The largest absolute Gasteiger partial charge is 0.352 e. The van der Waals surface area contributed by atoms with E-state index in [0.717, 1.165) is 22.3 Å². The van der Waals surface area contributed by atoms with Gasteiger partial charge in [0.05, 0.1) is 17.8 Å². The molecule has 4 heterocycles. The first kappa shape index (κ1) is 18.6. The maximum absolute atomic E-state index is 5.72. The summed E-state index contributed by atoms with van der Waals surface area (Å²) in [4.78, 5) is 11.5. The molecule has 1 fully saturated rings. The van der Waals surface area contributed by atoms with Gasteiger partial charge in [-0.1, -0.05) is 12.1 Å². The summed E-state index contributed by atoms with van der Waals surface area (Å²) in [6.07, 6.45) is 3.67. The first-order valence-corrected chi connectivity index (χ1v) is 10.00. The van der Waals surface area contributed by atoms with Crippen molar-refractivity contribution in [1.82, 2.24) is 24.8 Å². The zero-order valence-corrected chi connectivity index (χ0v) is 17.4. The van der Waals surface area contributed by atoms with Gasteiger partial charge in [0, 0.05) is 29.8 Å². The molecule has 1 saturated heterocycles. The SMILES string of the molecule is Cc1cc([C@@H]2[C@@H](c3ccccn3)NC(=S)N2C(C)C)c(C)n1-c1ccccn1. The summed E-state index contributed by atoms with van der Waals surface area (Å²) in [6, 6.07) is 14.6. The quantitative estimate of drug-likeness (QED) is 0.673. The van der Waals surface area contributed by atoms with Gasteiger partial charge >= 0.3 is 0 Å². The van der Waals surface area contributed by atoms with Crippen LogP contribution in [0.15, 0.2) is 54.9 Å². The Morgan fingerprint density at radius 1 is 1.04 bits per heavy atom.